The van der Waals surface area contributed by atoms with Crippen molar-refractivity contribution in [3.05, 3.63) is 96.1 Å². The Balaban J connectivity index is 1.85. The number of rotatable bonds is 8. The maximum absolute atomic E-state index is 14.5. The molecule has 0 bridgehead atoms. The van der Waals surface area contributed by atoms with Crippen molar-refractivity contribution in [1.82, 2.24) is 10.4 Å². The minimum Gasteiger partial charge on any atom is -0.351 e. The summed E-state index contributed by atoms with van der Waals surface area (Å²) in [6, 6.07) is 23.6. The molecule has 1 aliphatic heterocycles. The minimum atomic E-state index is -1.03. The van der Waals surface area contributed by atoms with Crippen LogP contribution in [0.3, 0.4) is 0 Å². The molecule has 0 saturated carbocycles. The predicted octanol–water partition coefficient (Wildman–Crippen LogP) is 5.12. The van der Waals surface area contributed by atoms with Crippen molar-refractivity contribution in [2.45, 2.75) is 58.0 Å². The summed E-state index contributed by atoms with van der Waals surface area (Å²) in [5.41, 5.74) is 11.2. The number of urea groups is 1. The van der Waals surface area contributed by atoms with Gasteiger partial charge in [0, 0.05) is 17.8 Å². The quantitative estimate of drug-likeness (QED) is 0.334. The second kappa shape index (κ2) is 12.7. The van der Waals surface area contributed by atoms with Crippen LogP contribution in [-0.4, -0.2) is 35.3 Å². The number of hydrogen-bond donors (Lipinski definition) is 3. The van der Waals surface area contributed by atoms with Gasteiger partial charge in [-0.1, -0.05) is 87.5 Å². The van der Waals surface area contributed by atoms with Crippen LogP contribution in [0.25, 0.3) is 0 Å². The SMILES string of the molecule is CC(C)(C)CC(=O)NN1C(=O)C(N(C(N)=O)c2cccc(NC=O)c2)CC(c2ccccc2)CC1c1ccccc1. The molecule has 5 amide bonds. The number of nitrogens with one attached hydrogen (secondary N) is 2. The molecule has 4 N–H and O–H groups in total. The lowest BCUT2D eigenvalue weighted by Gasteiger charge is -2.35. The van der Waals surface area contributed by atoms with E-state index in [1.807, 2.05) is 81.4 Å². The maximum atomic E-state index is 14.5. The fraction of sp³-hybridized carbons (Fsp3) is 0.312. The molecule has 3 atom stereocenters. The molecule has 3 unspecified atom stereocenters. The first-order valence-electron chi connectivity index (χ1n) is 13.7. The molecule has 1 aliphatic rings. The van der Waals surface area contributed by atoms with Gasteiger partial charge >= 0.3 is 6.03 Å². The first-order valence-corrected chi connectivity index (χ1v) is 13.7. The van der Waals surface area contributed by atoms with Crippen molar-refractivity contribution in [3.63, 3.8) is 0 Å². The Morgan fingerprint density at radius 1 is 0.951 bits per heavy atom. The number of hydrogen-bond acceptors (Lipinski definition) is 4. The van der Waals surface area contributed by atoms with Gasteiger partial charge in [0.1, 0.15) is 6.04 Å². The summed E-state index contributed by atoms with van der Waals surface area (Å²) >= 11 is 0. The highest BCUT2D eigenvalue weighted by Gasteiger charge is 2.43. The molecule has 41 heavy (non-hydrogen) atoms. The molecule has 0 radical (unpaired) electrons. The maximum Gasteiger partial charge on any atom is 0.320 e. The van der Waals surface area contributed by atoms with Crippen molar-refractivity contribution in [2.24, 2.45) is 11.1 Å². The van der Waals surface area contributed by atoms with Gasteiger partial charge in [-0.25, -0.2) is 9.80 Å². The van der Waals surface area contributed by atoms with E-state index in [4.69, 9.17) is 5.73 Å². The Kier molecular flexibility index (Phi) is 9.07. The molecule has 1 heterocycles. The Labute approximate surface area is 240 Å². The van der Waals surface area contributed by atoms with E-state index in [9.17, 15) is 19.2 Å². The lowest BCUT2D eigenvalue weighted by molar-refractivity contribution is -0.145. The standard InChI is InChI=1S/C32H37N5O4/c1-32(2,3)20-29(39)35-37-27(23-13-8-5-9-14-23)17-24(22-11-6-4-7-12-22)18-28(30(37)40)36(31(33)41)26-16-10-15-25(19-26)34-21-38/h4-16,19,21,24,27-28H,17-18,20H2,1-3H3,(H2,33,41)(H,34,38)(H,35,39). The number of nitrogens with zero attached hydrogens (tertiary/aromatic N) is 2. The number of hydrazine groups is 1. The largest absolute Gasteiger partial charge is 0.351 e. The van der Waals surface area contributed by atoms with Crippen molar-refractivity contribution in [3.8, 4) is 0 Å². The number of amides is 5. The molecule has 9 nitrogen and oxygen atoms in total. The first-order chi connectivity index (χ1) is 19.6. The number of nitrogens with two attached hydrogens (primary N) is 1. The van der Waals surface area contributed by atoms with Crippen LogP contribution in [0.15, 0.2) is 84.9 Å². The Hall–Kier alpha value is -4.66. The Bertz CT molecular complexity index is 1370. The monoisotopic (exact) mass is 555 g/mol. The number of carbonyl (C=O) groups excluding carboxylic acids is 4. The van der Waals surface area contributed by atoms with Crippen molar-refractivity contribution in [2.75, 3.05) is 10.2 Å². The molecule has 1 fully saturated rings. The van der Waals surface area contributed by atoms with E-state index in [1.165, 1.54) is 9.91 Å². The van der Waals surface area contributed by atoms with Gasteiger partial charge in [0.2, 0.25) is 12.3 Å². The summed E-state index contributed by atoms with van der Waals surface area (Å²) in [5, 5.41) is 3.97. The zero-order chi connectivity index (χ0) is 29.6. The Morgan fingerprint density at radius 3 is 2.17 bits per heavy atom. The molecule has 0 aliphatic carbocycles. The van der Waals surface area contributed by atoms with Gasteiger partial charge in [0.15, 0.2) is 0 Å². The summed E-state index contributed by atoms with van der Waals surface area (Å²) in [5.74, 6) is -0.906. The molecular formula is C32H37N5O4. The molecule has 0 aromatic heterocycles. The zero-order valence-electron chi connectivity index (χ0n) is 23.6. The van der Waals surface area contributed by atoms with Crippen molar-refractivity contribution in [1.29, 1.82) is 0 Å². The summed E-state index contributed by atoms with van der Waals surface area (Å²) in [7, 11) is 0. The zero-order valence-corrected chi connectivity index (χ0v) is 23.6. The third-order valence-electron chi connectivity index (χ3n) is 7.14. The third kappa shape index (κ3) is 7.30. The number of anilines is 2. The van der Waals surface area contributed by atoms with E-state index in [1.54, 1.807) is 24.3 Å². The molecule has 3 aromatic rings. The van der Waals surface area contributed by atoms with Gasteiger partial charge in [-0.15, -0.1) is 0 Å². The molecule has 3 aromatic carbocycles. The van der Waals surface area contributed by atoms with Gasteiger partial charge in [-0.2, -0.15) is 0 Å². The second-order valence-corrected chi connectivity index (χ2v) is 11.5. The highest BCUT2D eigenvalue weighted by molar-refractivity contribution is 6.00. The molecular weight excluding hydrogens is 518 g/mol. The second-order valence-electron chi connectivity index (χ2n) is 11.5. The van der Waals surface area contributed by atoms with Crippen LogP contribution in [0.4, 0.5) is 16.2 Å². The van der Waals surface area contributed by atoms with Crippen LogP contribution in [-0.2, 0) is 14.4 Å². The average Bonchev–Trinajstić information content (AvgIpc) is 3.06. The van der Waals surface area contributed by atoms with E-state index in [0.29, 0.717) is 24.2 Å². The van der Waals surface area contributed by atoms with Gasteiger partial charge in [0.05, 0.1) is 6.04 Å². The van der Waals surface area contributed by atoms with Crippen LogP contribution in [0, 0.1) is 5.41 Å². The predicted molar refractivity (Wildman–Crippen MR) is 159 cm³/mol. The van der Waals surface area contributed by atoms with E-state index < -0.39 is 24.0 Å². The highest BCUT2D eigenvalue weighted by atomic mass is 16.2. The van der Waals surface area contributed by atoms with Crippen LogP contribution in [0.5, 0.6) is 0 Å². The summed E-state index contributed by atoms with van der Waals surface area (Å²) in [6.45, 7) is 5.86. The van der Waals surface area contributed by atoms with Gasteiger partial charge < -0.3 is 11.1 Å². The lowest BCUT2D eigenvalue weighted by atomic mass is 9.86. The molecule has 4 rings (SSSR count). The molecule has 214 valence electrons. The topological polar surface area (TPSA) is 125 Å². The Morgan fingerprint density at radius 2 is 1.59 bits per heavy atom. The highest BCUT2D eigenvalue weighted by Crippen LogP contribution is 2.40. The van der Waals surface area contributed by atoms with Crippen LogP contribution >= 0.6 is 0 Å². The van der Waals surface area contributed by atoms with Crippen molar-refractivity contribution < 1.29 is 19.2 Å². The van der Waals surface area contributed by atoms with Crippen LogP contribution in [0.2, 0.25) is 0 Å². The third-order valence-corrected chi connectivity index (χ3v) is 7.14. The summed E-state index contributed by atoms with van der Waals surface area (Å²) in [6.07, 6.45) is 1.51. The fourth-order valence-corrected chi connectivity index (χ4v) is 5.39. The molecule has 1 saturated heterocycles. The molecule has 0 spiro atoms. The van der Waals surface area contributed by atoms with E-state index in [2.05, 4.69) is 10.7 Å². The van der Waals surface area contributed by atoms with E-state index in [-0.39, 0.29) is 30.1 Å². The lowest BCUT2D eigenvalue weighted by Crippen LogP contribution is -2.57. The summed E-state index contributed by atoms with van der Waals surface area (Å²) < 4.78 is 0. The smallest absolute Gasteiger partial charge is 0.320 e. The number of carbonyl (C=O) groups is 4. The normalized spacial score (nSPS) is 19.1. The van der Waals surface area contributed by atoms with Gasteiger partial charge in [-0.05, 0) is 53.5 Å². The van der Waals surface area contributed by atoms with E-state index in [0.717, 1.165) is 11.1 Å². The van der Waals surface area contributed by atoms with Gasteiger partial charge in [-0.3, -0.25) is 24.7 Å². The first kappa shape index (κ1) is 29.3. The molecule has 9 heteroatoms. The number of primary amides is 1. The van der Waals surface area contributed by atoms with Gasteiger partial charge in [0.25, 0.3) is 5.91 Å². The van der Waals surface area contributed by atoms with Crippen molar-refractivity contribution >= 4 is 35.6 Å². The summed E-state index contributed by atoms with van der Waals surface area (Å²) in [4.78, 5) is 53.2. The fourth-order valence-electron chi connectivity index (χ4n) is 5.39. The van der Waals surface area contributed by atoms with Crippen LogP contribution < -0.4 is 21.4 Å². The average molecular weight is 556 g/mol. The minimum absolute atomic E-state index is 0.155. The number of benzene rings is 3. The van der Waals surface area contributed by atoms with E-state index >= 15 is 0 Å². The van der Waals surface area contributed by atoms with Crippen LogP contribution in [0.1, 0.15) is 63.1 Å².